The number of anilines is 1. The van der Waals surface area contributed by atoms with Gasteiger partial charge < -0.3 is 10.4 Å². The molecule has 1 aromatic carbocycles. The summed E-state index contributed by atoms with van der Waals surface area (Å²) in [6.45, 7) is 3.34. The van der Waals surface area contributed by atoms with Gasteiger partial charge in [-0.3, -0.25) is 9.69 Å². The third-order valence-electron chi connectivity index (χ3n) is 4.58. The third kappa shape index (κ3) is 2.73. The van der Waals surface area contributed by atoms with E-state index in [4.69, 9.17) is 0 Å². The number of hydrogen-bond donors (Lipinski definition) is 2. The van der Waals surface area contributed by atoms with Crippen LogP contribution in [-0.2, 0) is 4.79 Å². The maximum Gasteiger partial charge on any atom is 0.321 e. The van der Waals surface area contributed by atoms with Crippen LogP contribution in [0.4, 0.5) is 10.5 Å². The Morgan fingerprint density at radius 1 is 1.38 bits per heavy atom. The monoisotopic (exact) mass is 288 g/mol. The van der Waals surface area contributed by atoms with E-state index < -0.39 is 11.9 Å². The summed E-state index contributed by atoms with van der Waals surface area (Å²) in [6.07, 6.45) is 1.64. The van der Waals surface area contributed by atoms with Gasteiger partial charge in [0.15, 0.2) is 0 Å². The molecule has 0 radical (unpaired) electrons. The third-order valence-corrected chi connectivity index (χ3v) is 4.58. The molecule has 0 bridgehead atoms. The molecule has 3 rings (SSSR count). The van der Waals surface area contributed by atoms with Crippen molar-refractivity contribution in [3.63, 3.8) is 0 Å². The fraction of sp³-hybridized carbons (Fsp3) is 0.500. The summed E-state index contributed by atoms with van der Waals surface area (Å²) in [4.78, 5) is 25.3. The van der Waals surface area contributed by atoms with E-state index >= 15 is 0 Å². The lowest BCUT2D eigenvalue weighted by Gasteiger charge is -2.32. The van der Waals surface area contributed by atoms with Crippen molar-refractivity contribution in [2.45, 2.75) is 25.7 Å². The Hall–Kier alpha value is -2.04. The molecule has 2 N–H and O–H groups in total. The van der Waals surface area contributed by atoms with Gasteiger partial charge in [0.25, 0.3) is 0 Å². The van der Waals surface area contributed by atoms with E-state index in [1.54, 1.807) is 11.0 Å². The zero-order chi connectivity index (χ0) is 15.0. The van der Waals surface area contributed by atoms with Crippen molar-refractivity contribution < 1.29 is 14.7 Å². The quantitative estimate of drug-likeness (QED) is 0.897. The number of rotatable bonds is 3. The smallest absolute Gasteiger partial charge is 0.321 e. The molecule has 0 aromatic heterocycles. The standard InChI is InChI=1S/C16H20N2O3/c1-10-8-11(10)9-17-16(21)18-7-6-13(15(19)20)12-4-2-3-5-14(12)18/h2-5,10-11,13H,6-9H2,1H3,(H,17,21)(H,19,20). The summed E-state index contributed by atoms with van der Waals surface area (Å²) in [6, 6.07) is 7.17. The largest absolute Gasteiger partial charge is 0.481 e. The number of urea groups is 1. The maximum atomic E-state index is 12.3. The Labute approximate surface area is 123 Å². The second-order valence-corrected chi connectivity index (χ2v) is 6.05. The summed E-state index contributed by atoms with van der Waals surface area (Å²) in [5.74, 6) is -0.0425. The van der Waals surface area contributed by atoms with Crippen LogP contribution < -0.4 is 10.2 Å². The van der Waals surface area contributed by atoms with E-state index in [1.165, 1.54) is 6.42 Å². The highest BCUT2D eigenvalue weighted by Gasteiger charge is 2.35. The Morgan fingerprint density at radius 2 is 2.10 bits per heavy atom. The van der Waals surface area contributed by atoms with Crippen LogP contribution in [0.1, 0.15) is 31.2 Å². The first kappa shape index (κ1) is 13.9. The van der Waals surface area contributed by atoms with Crippen molar-refractivity contribution in [3.8, 4) is 0 Å². The molecule has 1 heterocycles. The number of nitrogens with one attached hydrogen (secondary N) is 1. The Balaban J connectivity index is 1.75. The van der Waals surface area contributed by atoms with Gasteiger partial charge in [-0.25, -0.2) is 4.79 Å². The lowest BCUT2D eigenvalue weighted by molar-refractivity contribution is -0.139. The first-order valence-electron chi connectivity index (χ1n) is 7.45. The minimum atomic E-state index is -0.825. The molecule has 1 aromatic rings. The maximum absolute atomic E-state index is 12.3. The summed E-state index contributed by atoms with van der Waals surface area (Å²) >= 11 is 0. The number of fused-ring (bicyclic) bond motifs is 1. The number of carboxylic acids is 1. The molecule has 112 valence electrons. The molecule has 1 fully saturated rings. The zero-order valence-corrected chi connectivity index (χ0v) is 12.1. The summed E-state index contributed by atoms with van der Waals surface area (Å²) in [5, 5.41) is 12.3. The average molecular weight is 288 g/mol. The van der Waals surface area contributed by atoms with Crippen molar-refractivity contribution in [1.29, 1.82) is 0 Å². The first-order valence-corrected chi connectivity index (χ1v) is 7.45. The molecule has 1 aliphatic heterocycles. The number of carbonyl (C=O) groups is 2. The summed E-state index contributed by atoms with van der Waals surface area (Å²) < 4.78 is 0. The van der Waals surface area contributed by atoms with E-state index in [-0.39, 0.29) is 6.03 Å². The van der Waals surface area contributed by atoms with Crippen LogP contribution in [-0.4, -0.2) is 30.2 Å². The number of para-hydroxylation sites is 1. The first-order chi connectivity index (χ1) is 10.1. The van der Waals surface area contributed by atoms with Gasteiger partial charge in [0.2, 0.25) is 0 Å². The molecule has 5 heteroatoms. The fourth-order valence-corrected chi connectivity index (χ4v) is 3.03. The lowest BCUT2D eigenvalue weighted by Crippen LogP contribution is -2.44. The van der Waals surface area contributed by atoms with Crippen LogP contribution >= 0.6 is 0 Å². The number of benzene rings is 1. The normalized spacial score (nSPS) is 26.9. The summed E-state index contributed by atoms with van der Waals surface area (Å²) in [5.41, 5.74) is 1.45. The van der Waals surface area contributed by atoms with Gasteiger partial charge in [-0.05, 0) is 36.3 Å². The van der Waals surface area contributed by atoms with Gasteiger partial charge in [0.05, 0.1) is 5.92 Å². The van der Waals surface area contributed by atoms with Crippen LogP contribution in [0.25, 0.3) is 0 Å². The molecule has 1 aliphatic carbocycles. The van der Waals surface area contributed by atoms with Gasteiger partial charge in [-0.2, -0.15) is 0 Å². The molecule has 2 aliphatic rings. The highest BCUT2D eigenvalue weighted by atomic mass is 16.4. The predicted molar refractivity (Wildman–Crippen MR) is 79.5 cm³/mol. The van der Waals surface area contributed by atoms with Crippen molar-refractivity contribution in [3.05, 3.63) is 29.8 Å². The highest BCUT2D eigenvalue weighted by Crippen LogP contribution is 2.37. The topological polar surface area (TPSA) is 69.6 Å². The number of amides is 2. The van der Waals surface area contributed by atoms with Gasteiger partial charge in [-0.15, -0.1) is 0 Å². The van der Waals surface area contributed by atoms with Crippen LogP contribution in [0, 0.1) is 11.8 Å². The lowest BCUT2D eigenvalue weighted by atomic mass is 9.90. The second kappa shape index (κ2) is 5.39. The fourth-order valence-electron chi connectivity index (χ4n) is 3.03. The molecule has 5 nitrogen and oxygen atoms in total. The zero-order valence-electron chi connectivity index (χ0n) is 12.1. The van der Waals surface area contributed by atoms with Crippen LogP contribution in [0.2, 0.25) is 0 Å². The number of nitrogens with zero attached hydrogens (tertiary/aromatic N) is 1. The van der Waals surface area contributed by atoms with Gasteiger partial charge in [0, 0.05) is 18.8 Å². The molecule has 0 saturated heterocycles. The molecule has 2 amide bonds. The molecule has 3 atom stereocenters. The van der Waals surface area contributed by atoms with Gasteiger partial charge in [-0.1, -0.05) is 25.1 Å². The van der Waals surface area contributed by atoms with Crippen molar-refractivity contribution in [2.75, 3.05) is 18.0 Å². The van der Waals surface area contributed by atoms with E-state index in [0.29, 0.717) is 31.3 Å². The number of hydrogen-bond acceptors (Lipinski definition) is 2. The van der Waals surface area contributed by atoms with Crippen molar-refractivity contribution in [1.82, 2.24) is 5.32 Å². The second-order valence-electron chi connectivity index (χ2n) is 6.05. The molecular weight excluding hydrogens is 268 g/mol. The van der Waals surface area contributed by atoms with Gasteiger partial charge >= 0.3 is 12.0 Å². The Kier molecular flexibility index (Phi) is 3.57. The van der Waals surface area contributed by atoms with Gasteiger partial charge in [0.1, 0.15) is 0 Å². The van der Waals surface area contributed by atoms with E-state index in [9.17, 15) is 14.7 Å². The van der Waals surface area contributed by atoms with Crippen molar-refractivity contribution >= 4 is 17.7 Å². The Morgan fingerprint density at radius 3 is 2.76 bits per heavy atom. The average Bonchev–Trinajstić information content (AvgIpc) is 3.19. The molecule has 3 unspecified atom stereocenters. The van der Waals surface area contributed by atoms with Crippen LogP contribution in [0.3, 0.4) is 0 Å². The number of carboxylic acid groups (broad SMARTS) is 1. The van der Waals surface area contributed by atoms with E-state index in [2.05, 4.69) is 12.2 Å². The van der Waals surface area contributed by atoms with E-state index in [1.807, 2.05) is 18.2 Å². The van der Waals surface area contributed by atoms with E-state index in [0.717, 1.165) is 11.3 Å². The molecule has 21 heavy (non-hydrogen) atoms. The van der Waals surface area contributed by atoms with Crippen LogP contribution in [0.5, 0.6) is 0 Å². The minimum absolute atomic E-state index is 0.120. The van der Waals surface area contributed by atoms with Crippen molar-refractivity contribution in [2.24, 2.45) is 11.8 Å². The predicted octanol–water partition coefficient (Wildman–Crippen LogP) is 2.43. The highest BCUT2D eigenvalue weighted by molar-refractivity contribution is 5.95. The SMILES string of the molecule is CC1CC1CNC(=O)N1CCC(C(=O)O)c2ccccc21. The summed E-state index contributed by atoms with van der Waals surface area (Å²) in [7, 11) is 0. The minimum Gasteiger partial charge on any atom is -0.481 e. The number of carbonyl (C=O) groups excluding carboxylic acids is 1. The molecular formula is C16H20N2O3. The number of aliphatic carboxylic acids is 1. The van der Waals surface area contributed by atoms with Crippen LogP contribution in [0.15, 0.2) is 24.3 Å². The Bertz CT molecular complexity index is 572. The molecule has 0 spiro atoms. The molecule has 1 saturated carbocycles.